The molecule has 0 aliphatic carbocycles. The molecule has 2 aliphatic rings. The van der Waals surface area contributed by atoms with E-state index in [0.717, 1.165) is 26.2 Å². The van der Waals surface area contributed by atoms with E-state index in [9.17, 15) is 0 Å². The Labute approximate surface area is 75.3 Å². The summed E-state index contributed by atoms with van der Waals surface area (Å²) in [5.41, 5.74) is 0. The first kappa shape index (κ1) is 9.96. The lowest BCUT2D eigenvalue weighted by Crippen LogP contribution is -2.39. The van der Waals surface area contributed by atoms with Crippen LogP contribution in [0.3, 0.4) is 0 Å². The first-order chi connectivity index (χ1) is 6.00. The van der Waals surface area contributed by atoms with Gasteiger partial charge in [-0.3, -0.25) is 0 Å². The molecule has 2 rings (SSSR count). The Morgan fingerprint density at radius 2 is 1.00 bits per heavy atom. The van der Waals surface area contributed by atoms with E-state index in [-0.39, 0.29) is 0 Å². The average Bonchev–Trinajstić information content (AvgIpc) is 2.24. The van der Waals surface area contributed by atoms with E-state index in [1.807, 2.05) is 0 Å². The van der Waals surface area contributed by atoms with Gasteiger partial charge in [0, 0.05) is 26.2 Å². The van der Waals surface area contributed by atoms with Crippen LogP contribution in [0.2, 0.25) is 0 Å². The molecule has 12 heavy (non-hydrogen) atoms. The first-order valence-electron chi connectivity index (χ1n) is 4.94. The minimum atomic E-state index is 1.14. The third-order valence-corrected chi connectivity index (χ3v) is 2.01. The fraction of sp³-hybridized carbons (Fsp3) is 0.889. The maximum atomic E-state index is 3.25. The van der Waals surface area contributed by atoms with Crippen molar-refractivity contribution in [2.75, 3.05) is 39.3 Å². The maximum absolute atomic E-state index is 3.25. The zero-order valence-corrected chi connectivity index (χ0v) is 7.73. The summed E-state index contributed by atoms with van der Waals surface area (Å²) in [6, 6.07) is 0. The zero-order chi connectivity index (χ0) is 8.49. The summed E-state index contributed by atoms with van der Waals surface area (Å²) < 4.78 is 0. The van der Waals surface area contributed by atoms with Gasteiger partial charge in [0.15, 0.2) is 0 Å². The van der Waals surface area contributed by atoms with Crippen LogP contribution in [0.1, 0.15) is 12.8 Å². The SMILES string of the molecule is C1CNCCN1.[CH]1CCNCC1. The van der Waals surface area contributed by atoms with Gasteiger partial charge in [0.25, 0.3) is 0 Å². The minimum absolute atomic E-state index is 1.14. The van der Waals surface area contributed by atoms with Gasteiger partial charge in [-0.15, -0.1) is 0 Å². The van der Waals surface area contributed by atoms with E-state index in [0.29, 0.717) is 0 Å². The quantitative estimate of drug-likeness (QED) is 0.469. The van der Waals surface area contributed by atoms with Gasteiger partial charge < -0.3 is 16.0 Å². The van der Waals surface area contributed by atoms with Gasteiger partial charge >= 0.3 is 0 Å². The molecule has 2 saturated heterocycles. The zero-order valence-electron chi connectivity index (χ0n) is 7.73. The Balaban J connectivity index is 0.000000120. The van der Waals surface area contributed by atoms with Crippen molar-refractivity contribution in [3.05, 3.63) is 6.42 Å². The van der Waals surface area contributed by atoms with Crippen LogP contribution in [0, 0.1) is 6.42 Å². The number of piperidine rings is 1. The van der Waals surface area contributed by atoms with Crippen LogP contribution < -0.4 is 16.0 Å². The number of hydrogen-bond donors (Lipinski definition) is 3. The van der Waals surface area contributed by atoms with Crippen molar-refractivity contribution in [1.82, 2.24) is 16.0 Å². The van der Waals surface area contributed by atoms with Gasteiger partial charge in [-0.25, -0.2) is 0 Å². The second-order valence-corrected chi connectivity index (χ2v) is 3.12. The third kappa shape index (κ3) is 5.52. The van der Waals surface area contributed by atoms with Gasteiger partial charge in [-0.1, -0.05) is 0 Å². The molecule has 1 radical (unpaired) electrons. The van der Waals surface area contributed by atoms with E-state index in [4.69, 9.17) is 0 Å². The second kappa shape index (κ2) is 7.53. The molecule has 0 unspecified atom stereocenters. The van der Waals surface area contributed by atoms with Crippen LogP contribution in [-0.2, 0) is 0 Å². The second-order valence-electron chi connectivity index (χ2n) is 3.12. The molecule has 3 N–H and O–H groups in total. The lowest BCUT2D eigenvalue weighted by atomic mass is 10.2. The Morgan fingerprint density at radius 1 is 0.583 bits per heavy atom. The lowest BCUT2D eigenvalue weighted by molar-refractivity contribution is 0.534. The summed E-state index contributed by atoms with van der Waals surface area (Å²) >= 11 is 0. The highest BCUT2D eigenvalue weighted by Gasteiger charge is 1.94. The van der Waals surface area contributed by atoms with Crippen LogP contribution in [0.5, 0.6) is 0 Å². The molecule has 0 saturated carbocycles. The normalized spacial score (nSPS) is 24.0. The highest BCUT2D eigenvalue weighted by molar-refractivity contribution is 4.72. The summed E-state index contributed by atoms with van der Waals surface area (Å²) in [7, 11) is 0. The fourth-order valence-electron chi connectivity index (χ4n) is 1.28. The smallest absolute Gasteiger partial charge is 0.00772 e. The molecular formula is C9H20N3. The molecule has 0 spiro atoms. The van der Waals surface area contributed by atoms with Crippen LogP contribution >= 0.6 is 0 Å². The van der Waals surface area contributed by atoms with Gasteiger partial charge in [0.1, 0.15) is 0 Å². The van der Waals surface area contributed by atoms with Crippen LogP contribution in [0.4, 0.5) is 0 Å². The molecule has 71 valence electrons. The largest absolute Gasteiger partial charge is 0.317 e. The number of nitrogens with one attached hydrogen (secondary N) is 3. The molecule has 0 atom stereocenters. The van der Waals surface area contributed by atoms with Crippen molar-refractivity contribution in [2.24, 2.45) is 0 Å². The maximum Gasteiger partial charge on any atom is 0.00772 e. The van der Waals surface area contributed by atoms with E-state index in [1.165, 1.54) is 25.9 Å². The van der Waals surface area contributed by atoms with E-state index in [2.05, 4.69) is 22.4 Å². The summed E-state index contributed by atoms with van der Waals surface area (Å²) in [6.45, 7) is 6.94. The van der Waals surface area contributed by atoms with Crippen molar-refractivity contribution < 1.29 is 0 Å². The van der Waals surface area contributed by atoms with Crippen molar-refractivity contribution in [1.29, 1.82) is 0 Å². The van der Waals surface area contributed by atoms with Crippen LogP contribution in [-0.4, -0.2) is 39.3 Å². The molecule has 0 aromatic carbocycles. The molecule has 0 aromatic rings. The molecule has 3 heteroatoms. The van der Waals surface area contributed by atoms with Gasteiger partial charge in [-0.2, -0.15) is 0 Å². The highest BCUT2D eigenvalue weighted by atomic mass is 15.0. The van der Waals surface area contributed by atoms with Gasteiger partial charge in [-0.05, 0) is 32.4 Å². The Morgan fingerprint density at radius 3 is 1.17 bits per heavy atom. The predicted octanol–water partition coefficient (Wildman–Crippen LogP) is -0.247. The Bertz CT molecular complexity index is 52.8. The first-order valence-corrected chi connectivity index (χ1v) is 4.94. The lowest BCUT2D eigenvalue weighted by Gasteiger charge is -2.11. The van der Waals surface area contributed by atoms with Gasteiger partial charge in [0.2, 0.25) is 0 Å². The molecule has 0 amide bonds. The van der Waals surface area contributed by atoms with E-state index >= 15 is 0 Å². The topological polar surface area (TPSA) is 36.1 Å². The van der Waals surface area contributed by atoms with E-state index < -0.39 is 0 Å². The van der Waals surface area contributed by atoms with Crippen molar-refractivity contribution >= 4 is 0 Å². The molecule has 2 heterocycles. The summed E-state index contributed by atoms with van der Waals surface area (Å²) in [5.74, 6) is 0. The van der Waals surface area contributed by atoms with Crippen LogP contribution in [0.25, 0.3) is 0 Å². The van der Waals surface area contributed by atoms with Crippen LogP contribution in [0.15, 0.2) is 0 Å². The molecule has 0 aromatic heterocycles. The predicted molar refractivity (Wildman–Crippen MR) is 52.1 cm³/mol. The monoisotopic (exact) mass is 170 g/mol. The number of hydrogen-bond acceptors (Lipinski definition) is 3. The standard InChI is InChI=1S/C5H10N.C4H10N2/c1-2-4-6-5-3-1;1-2-6-4-3-5-1/h1,6H,2-5H2;5-6H,1-4H2. The fourth-order valence-corrected chi connectivity index (χ4v) is 1.28. The molecular weight excluding hydrogens is 150 g/mol. The molecule has 2 aliphatic heterocycles. The summed E-state index contributed by atoms with van der Waals surface area (Å²) in [5, 5.41) is 9.70. The summed E-state index contributed by atoms with van der Waals surface area (Å²) in [6.07, 6.45) is 4.86. The summed E-state index contributed by atoms with van der Waals surface area (Å²) in [4.78, 5) is 0. The van der Waals surface area contributed by atoms with Gasteiger partial charge in [0.05, 0.1) is 0 Å². The van der Waals surface area contributed by atoms with E-state index in [1.54, 1.807) is 0 Å². The molecule has 2 fully saturated rings. The highest BCUT2D eigenvalue weighted by Crippen LogP contribution is 1.94. The Kier molecular flexibility index (Phi) is 6.25. The Hall–Kier alpha value is -0.120. The van der Waals surface area contributed by atoms with Crippen molar-refractivity contribution in [3.8, 4) is 0 Å². The molecule has 0 bridgehead atoms. The average molecular weight is 170 g/mol. The van der Waals surface area contributed by atoms with Crippen molar-refractivity contribution in [3.63, 3.8) is 0 Å². The van der Waals surface area contributed by atoms with Crippen molar-refractivity contribution in [2.45, 2.75) is 12.8 Å². The minimum Gasteiger partial charge on any atom is -0.317 e. The number of piperazine rings is 1. The number of rotatable bonds is 0. The molecule has 3 nitrogen and oxygen atoms in total. The third-order valence-electron chi connectivity index (χ3n) is 2.01.